The van der Waals surface area contributed by atoms with E-state index in [1.807, 2.05) is 0 Å². The molecular weight excluding hydrogens is 244 g/mol. The molecule has 0 saturated heterocycles. The SMILES string of the molecule is CCNCC1(CN(CC(C)C)C(C)C)CCC(C)CC1. The van der Waals surface area contributed by atoms with Gasteiger partial charge in [0.2, 0.25) is 0 Å². The van der Waals surface area contributed by atoms with Crippen molar-refractivity contribution in [1.82, 2.24) is 10.2 Å². The predicted octanol–water partition coefficient (Wildman–Crippen LogP) is 4.16. The van der Waals surface area contributed by atoms with Gasteiger partial charge in [-0.1, -0.05) is 40.5 Å². The Bertz CT molecular complexity index is 247. The molecule has 0 atom stereocenters. The van der Waals surface area contributed by atoms with E-state index in [4.69, 9.17) is 0 Å². The molecular formula is C18H38N2. The molecule has 1 aliphatic carbocycles. The summed E-state index contributed by atoms with van der Waals surface area (Å²) in [6.45, 7) is 18.9. The van der Waals surface area contributed by atoms with Gasteiger partial charge < -0.3 is 10.2 Å². The summed E-state index contributed by atoms with van der Waals surface area (Å²) in [5, 5.41) is 3.64. The van der Waals surface area contributed by atoms with Crippen LogP contribution in [0.4, 0.5) is 0 Å². The van der Waals surface area contributed by atoms with Gasteiger partial charge in [-0.25, -0.2) is 0 Å². The van der Waals surface area contributed by atoms with Crippen molar-refractivity contribution < 1.29 is 0 Å². The summed E-state index contributed by atoms with van der Waals surface area (Å²) in [4.78, 5) is 2.72. The Kier molecular flexibility index (Phi) is 7.53. The lowest BCUT2D eigenvalue weighted by molar-refractivity contribution is 0.0640. The Labute approximate surface area is 127 Å². The number of nitrogens with one attached hydrogen (secondary N) is 1. The average Bonchev–Trinajstić information content (AvgIpc) is 2.38. The summed E-state index contributed by atoms with van der Waals surface area (Å²) in [6.07, 6.45) is 5.64. The zero-order valence-corrected chi connectivity index (χ0v) is 14.8. The topological polar surface area (TPSA) is 15.3 Å². The standard InChI is InChI=1S/C18H38N2/c1-7-19-13-18(10-8-17(6)9-11-18)14-20(16(4)5)12-15(2)3/h15-17,19H,7-14H2,1-6H3. The highest BCUT2D eigenvalue weighted by atomic mass is 15.2. The van der Waals surface area contributed by atoms with E-state index >= 15 is 0 Å². The monoisotopic (exact) mass is 282 g/mol. The van der Waals surface area contributed by atoms with Gasteiger partial charge in [-0.3, -0.25) is 0 Å². The number of rotatable bonds is 8. The second-order valence-electron chi connectivity index (χ2n) is 7.88. The van der Waals surface area contributed by atoms with E-state index in [0.717, 1.165) is 18.4 Å². The highest BCUT2D eigenvalue weighted by Gasteiger charge is 2.36. The van der Waals surface area contributed by atoms with Gasteiger partial charge in [-0.05, 0) is 50.5 Å². The Morgan fingerprint density at radius 1 is 1.15 bits per heavy atom. The second-order valence-corrected chi connectivity index (χ2v) is 7.88. The molecule has 20 heavy (non-hydrogen) atoms. The van der Waals surface area contributed by atoms with Gasteiger partial charge >= 0.3 is 0 Å². The van der Waals surface area contributed by atoms with E-state index in [9.17, 15) is 0 Å². The summed E-state index contributed by atoms with van der Waals surface area (Å²) in [7, 11) is 0. The molecule has 0 spiro atoms. The minimum Gasteiger partial charge on any atom is -0.316 e. The Hall–Kier alpha value is -0.0800. The van der Waals surface area contributed by atoms with Gasteiger partial charge in [0.25, 0.3) is 0 Å². The average molecular weight is 283 g/mol. The number of hydrogen-bond donors (Lipinski definition) is 1. The molecule has 120 valence electrons. The van der Waals surface area contributed by atoms with Crippen LogP contribution in [0.2, 0.25) is 0 Å². The van der Waals surface area contributed by atoms with Crippen molar-refractivity contribution in [3.63, 3.8) is 0 Å². The summed E-state index contributed by atoms with van der Waals surface area (Å²) in [5.41, 5.74) is 0.516. The van der Waals surface area contributed by atoms with Crippen molar-refractivity contribution in [1.29, 1.82) is 0 Å². The molecule has 0 radical (unpaired) electrons. The van der Waals surface area contributed by atoms with Crippen molar-refractivity contribution in [3.8, 4) is 0 Å². The summed E-state index contributed by atoms with van der Waals surface area (Å²) in [6, 6.07) is 0.662. The molecule has 1 N–H and O–H groups in total. The van der Waals surface area contributed by atoms with Crippen molar-refractivity contribution in [3.05, 3.63) is 0 Å². The second kappa shape index (κ2) is 8.38. The van der Waals surface area contributed by atoms with Gasteiger partial charge in [0.15, 0.2) is 0 Å². The van der Waals surface area contributed by atoms with E-state index in [2.05, 4.69) is 51.8 Å². The number of nitrogens with zero attached hydrogens (tertiary/aromatic N) is 1. The zero-order chi connectivity index (χ0) is 15.2. The molecule has 0 aliphatic heterocycles. The molecule has 0 heterocycles. The zero-order valence-electron chi connectivity index (χ0n) is 14.8. The van der Waals surface area contributed by atoms with Crippen molar-refractivity contribution >= 4 is 0 Å². The summed E-state index contributed by atoms with van der Waals surface area (Å²) >= 11 is 0. The minimum atomic E-state index is 0.516. The van der Waals surface area contributed by atoms with E-state index in [1.165, 1.54) is 45.3 Å². The molecule has 0 aromatic heterocycles. The fraction of sp³-hybridized carbons (Fsp3) is 1.00. The van der Waals surface area contributed by atoms with Gasteiger partial charge in [-0.2, -0.15) is 0 Å². The molecule has 2 heteroatoms. The minimum absolute atomic E-state index is 0.516. The van der Waals surface area contributed by atoms with Crippen LogP contribution in [-0.4, -0.2) is 37.1 Å². The molecule has 0 bridgehead atoms. The largest absolute Gasteiger partial charge is 0.316 e. The first kappa shape index (κ1) is 18.0. The van der Waals surface area contributed by atoms with Crippen molar-refractivity contribution in [2.75, 3.05) is 26.2 Å². The maximum absolute atomic E-state index is 3.64. The van der Waals surface area contributed by atoms with Crippen LogP contribution in [0.15, 0.2) is 0 Å². The van der Waals surface area contributed by atoms with E-state index in [0.29, 0.717) is 11.5 Å². The highest BCUT2D eigenvalue weighted by molar-refractivity contribution is 4.90. The van der Waals surface area contributed by atoms with Crippen LogP contribution in [0.25, 0.3) is 0 Å². The van der Waals surface area contributed by atoms with Crippen LogP contribution < -0.4 is 5.32 Å². The lowest BCUT2D eigenvalue weighted by atomic mass is 9.70. The summed E-state index contributed by atoms with van der Waals surface area (Å²) in [5.74, 6) is 1.69. The van der Waals surface area contributed by atoms with Crippen LogP contribution in [0.3, 0.4) is 0 Å². The van der Waals surface area contributed by atoms with E-state index in [1.54, 1.807) is 0 Å². The van der Waals surface area contributed by atoms with Gasteiger partial charge in [0.1, 0.15) is 0 Å². The maximum atomic E-state index is 3.64. The number of hydrogen-bond acceptors (Lipinski definition) is 2. The van der Waals surface area contributed by atoms with Gasteiger partial charge in [0, 0.05) is 25.7 Å². The maximum Gasteiger partial charge on any atom is 0.00530 e. The molecule has 1 saturated carbocycles. The summed E-state index contributed by atoms with van der Waals surface area (Å²) < 4.78 is 0. The first-order valence-electron chi connectivity index (χ1n) is 8.83. The highest BCUT2D eigenvalue weighted by Crippen LogP contribution is 2.39. The molecule has 1 fully saturated rings. The molecule has 0 aromatic rings. The van der Waals surface area contributed by atoms with Crippen LogP contribution in [0.5, 0.6) is 0 Å². The first-order chi connectivity index (χ1) is 9.38. The van der Waals surface area contributed by atoms with Gasteiger partial charge in [-0.15, -0.1) is 0 Å². The lowest BCUT2D eigenvalue weighted by Crippen LogP contribution is -2.49. The molecule has 1 rings (SSSR count). The van der Waals surface area contributed by atoms with Crippen LogP contribution in [-0.2, 0) is 0 Å². The van der Waals surface area contributed by atoms with E-state index in [-0.39, 0.29) is 0 Å². The molecule has 0 unspecified atom stereocenters. The molecule has 2 nitrogen and oxygen atoms in total. The third-order valence-electron chi connectivity index (χ3n) is 4.95. The quantitative estimate of drug-likeness (QED) is 0.719. The van der Waals surface area contributed by atoms with Crippen molar-refractivity contribution in [2.45, 2.75) is 73.3 Å². The van der Waals surface area contributed by atoms with Crippen LogP contribution >= 0.6 is 0 Å². The fourth-order valence-corrected chi connectivity index (χ4v) is 3.51. The Morgan fingerprint density at radius 2 is 1.75 bits per heavy atom. The molecule has 0 aromatic carbocycles. The Morgan fingerprint density at radius 3 is 2.20 bits per heavy atom. The molecule has 1 aliphatic rings. The van der Waals surface area contributed by atoms with Gasteiger partial charge in [0.05, 0.1) is 0 Å². The van der Waals surface area contributed by atoms with E-state index < -0.39 is 0 Å². The first-order valence-corrected chi connectivity index (χ1v) is 8.83. The third kappa shape index (κ3) is 5.73. The van der Waals surface area contributed by atoms with Crippen LogP contribution in [0.1, 0.15) is 67.2 Å². The smallest absolute Gasteiger partial charge is 0.00530 e. The normalized spacial score (nSPS) is 27.8. The van der Waals surface area contributed by atoms with Crippen LogP contribution in [0, 0.1) is 17.3 Å². The lowest BCUT2D eigenvalue weighted by Gasteiger charge is -2.44. The molecule has 0 amide bonds. The van der Waals surface area contributed by atoms with Crippen molar-refractivity contribution in [2.24, 2.45) is 17.3 Å². The third-order valence-corrected chi connectivity index (χ3v) is 4.95. The fourth-order valence-electron chi connectivity index (χ4n) is 3.51. The Balaban J connectivity index is 2.71. The predicted molar refractivity (Wildman–Crippen MR) is 90.2 cm³/mol.